The summed E-state index contributed by atoms with van der Waals surface area (Å²) in [5.74, 6) is 0. The third-order valence-electron chi connectivity index (χ3n) is 1.69. The molecule has 0 heterocycles. The molecule has 0 aromatic carbocycles. The van der Waals surface area contributed by atoms with Crippen LogP contribution in [-0.2, 0) is 4.74 Å². The third-order valence-corrected chi connectivity index (χ3v) is 1.69. The number of primary amides is 1. The number of rotatable bonds is 1. The Morgan fingerprint density at radius 3 is 2.70 bits per heavy atom. The monoisotopic (exact) mass is 145 g/mol. The second-order valence-corrected chi connectivity index (χ2v) is 2.47. The second-order valence-electron chi connectivity index (χ2n) is 2.47. The first kappa shape index (κ1) is 7.34. The highest BCUT2D eigenvalue weighted by molar-refractivity contribution is 5.64. The van der Waals surface area contributed by atoms with Gasteiger partial charge in [-0.05, 0) is 19.3 Å². The van der Waals surface area contributed by atoms with E-state index in [-0.39, 0.29) is 6.10 Å². The highest BCUT2D eigenvalue weighted by Crippen LogP contribution is 2.21. The first-order chi connectivity index (χ1) is 4.70. The minimum absolute atomic E-state index is 0.363. The van der Waals surface area contributed by atoms with Gasteiger partial charge in [-0.2, -0.15) is 0 Å². The minimum atomic E-state index is -0.800. The smallest absolute Gasteiger partial charge is 0.404 e. The lowest BCUT2D eigenvalue weighted by Gasteiger charge is -2.12. The Hall–Kier alpha value is -0.770. The van der Waals surface area contributed by atoms with Crippen LogP contribution in [0.15, 0.2) is 0 Å². The minimum Gasteiger partial charge on any atom is -0.444 e. The number of aliphatic hydroxyl groups excluding tert-OH is 1. The molecule has 0 aromatic heterocycles. The first-order valence-electron chi connectivity index (χ1n) is 3.34. The van der Waals surface area contributed by atoms with Gasteiger partial charge in [0.15, 0.2) is 0 Å². The highest BCUT2D eigenvalue weighted by atomic mass is 16.6. The van der Waals surface area contributed by atoms with Gasteiger partial charge < -0.3 is 15.6 Å². The molecular weight excluding hydrogens is 134 g/mol. The van der Waals surface area contributed by atoms with E-state index in [9.17, 15) is 4.79 Å². The summed E-state index contributed by atoms with van der Waals surface area (Å²) >= 11 is 0. The topological polar surface area (TPSA) is 72.6 Å². The molecule has 0 spiro atoms. The number of ether oxygens (including phenoxy) is 1. The van der Waals surface area contributed by atoms with E-state index in [1.807, 2.05) is 0 Å². The Bertz CT molecular complexity index is 137. The van der Waals surface area contributed by atoms with Crippen LogP contribution < -0.4 is 5.73 Å². The van der Waals surface area contributed by atoms with Crippen LogP contribution in [0.3, 0.4) is 0 Å². The zero-order chi connectivity index (χ0) is 7.56. The van der Waals surface area contributed by atoms with Crippen molar-refractivity contribution in [3.05, 3.63) is 0 Å². The fourth-order valence-corrected chi connectivity index (χ4v) is 1.19. The number of carbonyl (C=O) groups excluding carboxylic acids is 1. The SMILES string of the molecule is NC(=O)O[C@@H]1CCC[C@@H]1O. The maximum absolute atomic E-state index is 10.2. The number of amides is 1. The van der Waals surface area contributed by atoms with Crippen molar-refractivity contribution in [2.24, 2.45) is 5.73 Å². The Morgan fingerprint density at radius 2 is 2.30 bits per heavy atom. The van der Waals surface area contributed by atoms with Crippen LogP contribution in [0.2, 0.25) is 0 Å². The summed E-state index contributed by atoms with van der Waals surface area (Å²) in [7, 11) is 0. The van der Waals surface area contributed by atoms with E-state index in [1.165, 1.54) is 0 Å². The van der Waals surface area contributed by atoms with Crippen molar-refractivity contribution in [1.82, 2.24) is 0 Å². The summed E-state index contributed by atoms with van der Waals surface area (Å²) in [5, 5.41) is 9.11. The van der Waals surface area contributed by atoms with E-state index in [1.54, 1.807) is 0 Å². The maximum atomic E-state index is 10.2. The zero-order valence-electron chi connectivity index (χ0n) is 5.62. The molecule has 1 amide bonds. The lowest BCUT2D eigenvalue weighted by atomic mass is 10.3. The van der Waals surface area contributed by atoms with Gasteiger partial charge in [0.05, 0.1) is 6.10 Å². The van der Waals surface area contributed by atoms with Gasteiger partial charge in [-0.1, -0.05) is 0 Å². The van der Waals surface area contributed by atoms with Crippen LogP contribution in [0.4, 0.5) is 4.79 Å². The van der Waals surface area contributed by atoms with Crippen molar-refractivity contribution >= 4 is 6.09 Å². The van der Waals surface area contributed by atoms with Gasteiger partial charge in [0.25, 0.3) is 0 Å². The van der Waals surface area contributed by atoms with E-state index in [2.05, 4.69) is 4.74 Å². The van der Waals surface area contributed by atoms with Gasteiger partial charge in [0.1, 0.15) is 6.10 Å². The normalized spacial score (nSPS) is 32.1. The van der Waals surface area contributed by atoms with Gasteiger partial charge in [0.2, 0.25) is 0 Å². The number of hydrogen-bond acceptors (Lipinski definition) is 3. The van der Waals surface area contributed by atoms with Gasteiger partial charge in [-0.25, -0.2) is 4.79 Å². The quantitative estimate of drug-likeness (QED) is 0.545. The zero-order valence-corrected chi connectivity index (χ0v) is 5.62. The van der Waals surface area contributed by atoms with Crippen molar-refractivity contribution in [3.8, 4) is 0 Å². The van der Waals surface area contributed by atoms with Crippen LogP contribution >= 0.6 is 0 Å². The molecule has 10 heavy (non-hydrogen) atoms. The fraction of sp³-hybridized carbons (Fsp3) is 0.833. The van der Waals surface area contributed by atoms with Gasteiger partial charge in [-0.15, -0.1) is 0 Å². The van der Waals surface area contributed by atoms with Crippen molar-refractivity contribution in [2.45, 2.75) is 31.5 Å². The largest absolute Gasteiger partial charge is 0.444 e. The fourth-order valence-electron chi connectivity index (χ4n) is 1.19. The summed E-state index contributed by atoms with van der Waals surface area (Å²) in [4.78, 5) is 10.2. The predicted octanol–water partition coefficient (Wildman–Crippen LogP) is -0.00490. The molecule has 1 aliphatic carbocycles. The Labute approximate surface area is 59.0 Å². The van der Waals surface area contributed by atoms with Crippen LogP contribution in [0.25, 0.3) is 0 Å². The summed E-state index contributed by atoms with van der Waals surface area (Å²) < 4.78 is 4.61. The number of hydrogen-bond donors (Lipinski definition) is 2. The van der Waals surface area contributed by atoms with Crippen molar-refractivity contribution in [1.29, 1.82) is 0 Å². The molecule has 1 saturated carbocycles. The van der Waals surface area contributed by atoms with Crippen molar-refractivity contribution in [3.63, 3.8) is 0 Å². The number of carbonyl (C=O) groups is 1. The molecular formula is C6H11NO3. The lowest BCUT2D eigenvalue weighted by Crippen LogP contribution is -2.28. The Kier molecular flexibility index (Phi) is 2.11. The molecule has 58 valence electrons. The molecule has 4 heteroatoms. The molecule has 1 rings (SSSR count). The summed E-state index contributed by atoms with van der Waals surface area (Å²) in [6, 6.07) is 0. The molecule has 3 N–H and O–H groups in total. The second kappa shape index (κ2) is 2.88. The van der Waals surface area contributed by atoms with Crippen LogP contribution in [0, 0.1) is 0 Å². The Morgan fingerprint density at radius 1 is 1.60 bits per heavy atom. The van der Waals surface area contributed by atoms with Gasteiger partial charge >= 0.3 is 6.09 Å². The van der Waals surface area contributed by atoms with Crippen LogP contribution in [0.1, 0.15) is 19.3 Å². The molecule has 1 fully saturated rings. The number of aliphatic hydroxyl groups is 1. The maximum Gasteiger partial charge on any atom is 0.404 e. The molecule has 4 nitrogen and oxygen atoms in total. The molecule has 0 saturated heterocycles. The van der Waals surface area contributed by atoms with Crippen LogP contribution in [0.5, 0.6) is 0 Å². The van der Waals surface area contributed by atoms with Gasteiger partial charge in [0, 0.05) is 0 Å². The molecule has 0 radical (unpaired) electrons. The number of nitrogens with two attached hydrogens (primary N) is 1. The standard InChI is InChI=1S/C6H11NO3/c7-6(9)10-5-3-1-2-4(5)8/h4-5,8H,1-3H2,(H2,7,9)/t4-,5+/m0/s1. The summed E-state index contributed by atoms with van der Waals surface area (Å²) in [5.41, 5.74) is 4.76. The first-order valence-corrected chi connectivity index (χ1v) is 3.34. The van der Waals surface area contributed by atoms with E-state index in [0.717, 1.165) is 12.8 Å². The third kappa shape index (κ3) is 1.60. The molecule has 0 aromatic rings. The van der Waals surface area contributed by atoms with E-state index in [4.69, 9.17) is 10.8 Å². The van der Waals surface area contributed by atoms with Gasteiger partial charge in [-0.3, -0.25) is 0 Å². The van der Waals surface area contributed by atoms with Crippen molar-refractivity contribution < 1.29 is 14.6 Å². The summed E-state index contributed by atoms with van der Waals surface area (Å²) in [6.07, 6.45) is 0.664. The molecule has 1 aliphatic rings. The average Bonchev–Trinajstić information content (AvgIpc) is 2.15. The molecule has 0 aliphatic heterocycles. The van der Waals surface area contributed by atoms with E-state index < -0.39 is 12.2 Å². The predicted molar refractivity (Wildman–Crippen MR) is 34.3 cm³/mol. The Balaban J connectivity index is 2.33. The van der Waals surface area contributed by atoms with E-state index >= 15 is 0 Å². The van der Waals surface area contributed by atoms with E-state index in [0.29, 0.717) is 6.42 Å². The summed E-state index contributed by atoms with van der Waals surface area (Å²) in [6.45, 7) is 0. The highest BCUT2D eigenvalue weighted by Gasteiger charge is 2.27. The average molecular weight is 145 g/mol. The molecule has 0 unspecified atom stereocenters. The van der Waals surface area contributed by atoms with Crippen LogP contribution in [-0.4, -0.2) is 23.4 Å². The molecule has 2 atom stereocenters. The van der Waals surface area contributed by atoms with Crippen molar-refractivity contribution in [2.75, 3.05) is 0 Å². The lowest BCUT2D eigenvalue weighted by molar-refractivity contribution is 0.0266. The molecule has 0 bridgehead atoms.